The Hall–Kier alpha value is -3.35. The molecule has 2 aromatic rings. The molecular formula is C25H28N2O5. The minimum Gasteiger partial charge on any atom is -0.480 e. The van der Waals surface area contributed by atoms with Gasteiger partial charge in [-0.2, -0.15) is 0 Å². The van der Waals surface area contributed by atoms with Crippen LogP contribution in [0.5, 0.6) is 0 Å². The minimum atomic E-state index is -1.24. The van der Waals surface area contributed by atoms with Gasteiger partial charge in [-0.15, -0.1) is 0 Å². The third kappa shape index (κ3) is 4.07. The van der Waals surface area contributed by atoms with Gasteiger partial charge in [-0.1, -0.05) is 68.3 Å². The summed E-state index contributed by atoms with van der Waals surface area (Å²) in [5.74, 6) is -1.60. The highest BCUT2D eigenvalue weighted by molar-refractivity contribution is 5.91. The van der Waals surface area contributed by atoms with Gasteiger partial charge in [-0.05, 0) is 41.5 Å². The summed E-state index contributed by atoms with van der Waals surface area (Å²) >= 11 is 0. The number of carboxylic acid groups (broad SMARTS) is 1. The summed E-state index contributed by atoms with van der Waals surface area (Å²) in [6.07, 6.45) is 1.94. The van der Waals surface area contributed by atoms with Crippen molar-refractivity contribution in [2.24, 2.45) is 0 Å². The molecule has 168 valence electrons. The van der Waals surface area contributed by atoms with Crippen LogP contribution in [0.15, 0.2) is 48.5 Å². The van der Waals surface area contributed by atoms with Crippen LogP contribution in [-0.2, 0) is 14.3 Å². The van der Waals surface area contributed by atoms with Gasteiger partial charge in [-0.25, -0.2) is 9.59 Å². The molecule has 2 aromatic carbocycles. The number of carboxylic acids is 1. The van der Waals surface area contributed by atoms with Crippen molar-refractivity contribution in [1.29, 1.82) is 0 Å². The zero-order valence-corrected chi connectivity index (χ0v) is 18.1. The fourth-order valence-electron chi connectivity index (χ4n) is 4.83. The quantitative estimate of drug-likeness (QED) is 0.612. The average molecular weight is 437 g/mol. The van der Waals surface area contributed by atoms with E-state index in [9.17, 15) is 19.5 Å². The van der Waals surface area contributed by atoms with Gasteiger partial charge in [0.05, 0.1) is 0 Å². The van der Waals surface area contributed by atoms with Crippen LogP contribution in [0.3, 0.4) is 0 Å². The highest BCUT2D eigenvalue weighted by atomic mass is 16.5. The van der Waals surface area contributed by atoms with Gasteiger partial charge >= 0.3 is 12.1 Å². The second-order valence-electron chi connectivity index (χ2n) is 8.51. The lowest BCUT2D eigenvalue weighted by atomic mass is 9.97. The van der Waals surface area contributed by atoms with Gasteiger partial charge in [0.25, 0.3) is 0 Å². The first-order valence-corrected chi connectivity index (χ1v) is 11.1. The molecule has 3 N–H and O–H groups in total. The smallest absolute Gasteiger partial charge is 0.407 e. The van der Waals surface area contributed by atoms with Crippen molar-refractivity contribution in [1.82, 2.24) is 10.6 Å². The first kappa shape index (κ1) is 21.9. The van der Waals surface area contributed by atoms with Crippen LogP contribution in [0.25, 0.3) is 11.1 Å². The van der Waals surface area contributed by atoms with Gasteiger partial charge < -0.3 is 20.5 Å². The summed E-state index contributed by atoms with van der Waals surface area (Å²) in [5, 5.41) is 14.9. The molecule has 1 fully saturated rings. The molecule has 2 aliphatic carbocycles. The van der Waals surface area contributed by atoms with E-state index >= 15 is 0 Å². The van der Waals surface area contributed by atoms with Crippen LogP contribution >= 0.6 is 0 Å². The number of carbonyl (C=O) groups is 3. The van der Waals surface area contributed by atoms with E-state index in [1.54, 1.807) is 6.92 Å². The number of rotatable bonds is 7. The maximum atomic E-state index is 12.7. The van der Waals surface area contributed by atoms with Crippen LogP contribution in [0, 0.1) is 0 Å². The van der Waals surface area contributed by atoms with Crippen molar-refractivity contribution in [2.75, 3.05) is 6.61 Å². The summed E-state index contributed by atoms with van der Waals surface area (Å²) in [4.78, 5) is 37.0. The maximum absolute atomic E-state index is 12.7. The second kappa shape index (κ2) is 9.02. The Bertz CT molecular complexity index is 983. The van der Waals surface area contributed by atoms with E-state index in [2.05, 4.69) is 22.8 Å². The summed E-state index contributed by atoms with van der Waals surface area (Å²) in [7, 11) is 0. The second-order valence-corrected chi connectivity index (χ2v) is 8.51. The van der Waals surface area contributed by atoms with Crippen molar-refractivity contribution >= 4 is 18.0 Å². The molecule has 0 aliphatic heterocycles. The predicted molar refractivity (Wildman–Crippen MR) is 119 cm³/mol. The molecule has 0 heterocycles. The molecule has 1 atom stereocenters. The SMILES string of the molecule is CC[C@@H](NC(=O)OCC1c2ccccc2-c2ccccc21)C(=O)NC1(C(=O)O)CCCC1. The van der Waals surface area contributed by atoms with E-state index < -0.39 is 29.6 Å². The van der Waals surface area contributed by atoms with Gasteiger partial charge in [0.15, 0.2) is 0 Å². The van der Waals surface area contributed by atoms with Crippen molar-refractivity contribution in [3.63, 3.8) is 0 Å². The van der Waals surface area contributed by atoms with Crippen molar-refractivity contribution in [3.8, 4) is 11.1 Å². The molecule has 0 bridgehead atoms. The zero-order chi connectivity index (χ0) is 22.7. The molecule has 0 unspecified atom stereocenters. The molecule has 2 amide bonds. The van der Waals surface area contributed by atoms with Gasteiger partial charge in [0.2, 0.25) is 5.91 Å². The summed E-state index contributed by atoms with van der Waals surface area (Å²) in [6, 6.07) is 15.3. The van der Waals surface area contributed by atoms with Crippen molar-refractivity contribution in [3.05, 3.63) is 59.7 Å². The van der Waals surface area contributed by atoms with E-state index in [-0.39, 0.29) is 12.5 Å². The minimum absolute atomic E-state index is 0.0733. The Morgan fingerprint density at radius 3 is 2.12 bits per heavy atom. The van der Waals surface area contributed by atoms with E-state index in [4.69, 9.17) is 4.74 Å². The number of carbonyl (C=O) groups excluding carboxylic acids is 2. The Kier molecular flexibility index (Phi) is 6.17. The van der Waals surface area contributed by atoms with E-state index in [0.717, 1.165) is 35.1 Å². The standard InChI is InChI=1S/C25H28N2O5/c1-2-21(22(28)27-25(23(29)30)13-7-8-14-25)26-24(31)32-15-20-18-11-5-3-9-16(18)17-10-4-6-12-19(17)20/h3-6,9-12,20-21H,2,7-8,13-15H2,1H3,(H,26,31)(H,27,28)(H,29,30)/t21-/m1/s1. The molecule has 1 saturated carbocycles. The van der Waals surface area contributed by atoms with Crippen LogP contribution in [0.1, 0.15) is 56.1 Å². The summed E-state index contributed by atoms with van der Waals surface area (Å²) < 4.78 is 5.52. The Morgan fingerprint density at radius 1 is 1.03 bits per heavy atom. The first-order chi connectivity index (χ1) is 15.4. The topological polar surface area (TPSA) is 105 Å². The van der Waals surface area contributed by atoms with Crippen molar-refractivity contribution < 1.29 is 24.2 Å². The van der Waals surface area contributed by atoms with Crippen molar-refractivity contribution in [2.45, 2.75) is 56.5 Å². The number of amides is 2. The molecular weight excluding hydrogens is 408 g/mol. The van der Waals surface area contributed by atoms with Gasteiger partial charge in [0, 0.05) is 5.92 Å². The van der Waals surface area contributed by atoms with Crippen LogP contribution in [-0.4, -0.2) is 41.3 Å². The van der Waals surface area contributed by atoms with E-state index in [1.807, 2.05) is 36.4 Å². The number of nitrogens with one attached hydrogen (secondary N) is 2. The number of ether oxygens (including phenoxy) is 1. The van der Waals surface area contributed by atoms with E-state index in [1.165, 1.54) is 0 Å². The normalized spacial score (nSPS) is 17.2. The lowest BCUT2D eigenvalue weighted by molar-refractivity contribution is -0.147. The highest BCUT2D eigenvalue weighted by Crippen LogP contribution is 2.44. The number of fused-ring (bicyclic) bond motifs is 3. The molecule has 32 heavy (non-hydrogen) atoms. The molecule has 7 heteroatoms. The monoisotopic (exact) mass is 436 g/mol. The van der Waals surface area contributed by atoms with Gasteiger partial charge in [0.1, 0.15) is 18.2 Å². The molecule has 0 aromatic heterocycles. The van der Waals surface area contributed by atoms with Crippen LogP contribution in [0.2, 0.25) is 0 Å². The van der Waals surface area contributed by atoms with Gasteiger partial charge in [-0.3, -0.25) is 4.79 Å². The molecule has 7 nitrogen and oxygen atoms in total. The lowest BCUT2D eigenvalue weighted by Gasteiger charge is -2.28. The predicted octanol–water partition coefficient (Wildman–Crippen LogP) is 3.82. The fraction of sp³-hybridized carbons (Fsp3) is 0.400. The van der Waals surface area contributed by atoms with Crippen LogP contribution in [0.4, 0.5) is 4.79 Å². The average Bonchev–Trinajstić information content (AvgIpc) is 3.40. The first-order valence-electron chi connectivity index (χ1n) is 11.1. The number of benzene rings is 2. The Morgan fingerprint density at radius 2 is 1.59 bits per heavy atom. The molecule has 0 saturated heterocycles. The summed E-state index contributed by atoms with van der Waals surface area (Å²) in [5.41, 5.74) is 3.25. The maximum Gasteiger partial charge on any atom is 0.407 e. The fourth-order valence-corrected chi connectivity index (χ4v) is 4.83. The zero-order valence-electron chi connectivity index (χ0n) is 18.1. The third-order valence-electron chi connectivity index (χ3n) is 6.59. The molecule has 4 rings (SSSR count). The van der Waals surface area contributed by atoms with E-state index in [0.29, 0.717) is 19.3 Å². The third-order valence-corrected chi connectivity index (χ3v) is 6.59. The summed E-state index contributed by atoms with van der Waals surface area (Å²) in [6.45, 7) is 1.91. The number of hydrogen-bond acceptors (Lipinski definition) is 4. The number of alkyl carbamates (subject to hydrolysis) is 1. The molecule has 0 radical (unpaired) electrons. The lowest BCUT2D eigenvalue weighted by Crippen LogP contribution is -2.58. The Labute approximate surface area is 187 Å². The largest absolute Gasteiger partial charge is 0.480 e. The number of hydrogen-bond donors (Lipinski definition) is 3. The Balaban J connectivity index is 1.39. The molecule has 2 aliphatic rings. The van der Waals surface area contributed by atoms with Crippen LogP contribution < -0.4 is 10.6 Å². The number of aliphatic carboxylic acids is 1. The molecule has 0 spiro atoms. The highest BCUT2D eigenvalue weighted by Gasteiger charge is 2.43.